The Hall–Kier alpha value is -2.29. The van der Waals surface area contributed by atoms with E-state index < -0.39 is 15.8 Å². The van der Waals surface area contributed by atoms with Crippen LogP contribution in [0.1, 0.15) is 10.4 Å². The van der Waals surface area contributed by atoms with Gasteiger partial charge in [-0.05, 0) is 0 Å². The third-order valence-electron chi connectivity index (χ3n) is 2.08. The minimum absolute atomic E-state index is 0.0356. The Morgan fingerprint density at radius 2 is 1.89 bits per heavy atom. The zero-order valence-electron chi connectivity index (χ0n) is 9.18. The molecule has 0 spiro atoms. The van der Waals surface area contributed by atoms with E-state index in [0.29, 0.717) is 0 Å². The number of hydrogen-bond acceptors (Lipinski definition) is 6. The van der Waals surface area contributed by atoms with Crippen LogP contribution in [-0.2, 0) is 9.84 Å². The maximum atomic E-state index is 11.2. The maximum Gasteiger partial charge on any atom is 0.338 e. The van der Waals surface area contributed by atoms with E-state index in [-0.39, 0.29) is 16.4 Å². The summed E-state index contributed by atoms with van der Waals surface area (Å²) in [6, 6.07) is 0. The van der Waals surface area contributed by atoms with Gasteiger partial charge in [-0.1, -0.05) is 0 Å². The van der Waals surface area contributed by atoms with Crippen LogP contribution in [0.4, 0.5) is 0 Å². The average molecular weight is 268 g/mol. The number of rotatable bonds is 3. The summed E-state index contributed by atoms with van der Waals surface area (Å²) in [7, 11) is -3.34. The molecule has 2 aromatic rings. The largest absolute Gasteiger partial charge is 0.478 e. The van der Waals surface area contributed by atoms with Gasteiger partial charge in [0.2, 0.25) is 0 Å². The first kappa shape index (κ1) is 12.2. The van der Waals surface area contributed by atoms with E-state index in [9.17, 15) is 13.2 Å². The minimum atomic E-state index is -3.34. The molecule has 0 fully saturated rings. The van der Waals surface area contributed by atoms with Gasteiger partial charge in [0.15, 0.2) is 9.84 Å². The molecule has 2 aromatic heterocycles. The summed E-state index contributed by atoms with van der Waals surface area (Å²) in [6.45, 7) is 0. The van der Waals surface area contributed by atoms with Crippen molar-refractivity contribution in [2.45, 2.75) is 4.90 Å². The molecule has 2 heterocycles. The van der Waals surface area contributed by atoms with Crippen LogP contribution < -0.4 is 0 Å². The van der Waals surface area contributed by atoms with Crippen LogP contribution in [0, 0.1) is 0 Å². The van der Waals surface area contributed by atoms with Crippen molar-refractivity contribution in [3.63, 3.8) is 0 Å². The molecule has 0 aliphatic heterocycles. The van der Waals surface area contributed by atoms with Gasteiger partial charge in [0, 0.05) is 18.6 Å². The Morgan fingerprint density at radius 3 is 2.33 bits per heavy atom. The Morgan fingerprint density at radius 1 is 1.28 bits per heavy atom. The highest BCUT2D eigenvalue weighted by Gasteiger charge is 2.12. The van der Waals surface area contributed by atoms with E-state index in [1.165, 1.54) is 12.4 Å². The predicted octanol–water partition coefficient (Wildman–Crippen LogP) is -0.236. The number of aromatic carboxylic acids is 1. The van der Waals surface area contributed by atoms with Crippen molar-refractivity contribution in [2.24, 2.45) is 0 Å². The summed E-state index contributed by atoms with van der Waals surface area (Å²) in [5.41, 5.74) is -0.0609. The van der Waals surface area contributed by atoms with Gasteiger partial charge < -0.3 is 5.11 Å². The number of aromatic nitrogens is 4. The molecule has 0 radical (unpaired) electrons. The number of nitrogens with zero attached hydrogens (tertiary/aromatic N) is 4. The normalized spacial score (nSPS) is 11.4. The summed E-state index contributed by atoms with van der Waals surface area (Å²) in [5, 5.41) is 12.5. The van der Waals surface area contributed by atoms with Crippen molar-refractivity contribution < 1.29 is 18.3 Å². The fourth-order valence-electron chi connectivity index (χ4n) is 1.16. The van der Waals surface area contributed by atoms with Crippen LogP contribution in [0.2, 0.25) is 0 Å². The molecule has 0 aromatic carbocycles. The quantitative estimate of drug-likeness (QED) is 0.816. The molecule has 0 bridgehead atoms. The zero-order valence-corrected chi connectivity index (χ0v) is 9.99. The monoisotopic (exact) mass is 268 g/mol. The van der Waals surface area contributed by atoms with E-state index in [0.717, 1.165) is 23.3 Å². The second-order valence-electron chi connectivity index (χ2n) is 3.47. The highest BCUT2D eigenvalue weighted by molar-refractivity contribution is 7.90. The van der Waals surface area contributed by atoms with E-state index >= 15 is 0 Å². The lowest BCUT2D eigenvalue weighted by Gasteiger charge is -1.98. The molecule has 8 nitrogen and oxygen atoms in total. The fraction of sp³-hybridized carbons (Fsp3) is 0.111. The lowest BCUT2D eigenvalue weighted by molar-refractivity contribution is 0.0696. The molecular formula is C9H8N4O4S. The van der Waals surface area contributed by atoms with E-state index in [4.69, 9.17) is 5.11 Å². The molecule has 0 atom stereocenters. The summed E-state index contributed by atoms with van der Waals surface area (Å²) < 4.78 is 23.7. The molecular weight excluding hydrogens is 260 g/mol. The summed E-state index contributed by atoms with van der Waals surface area (Å²) in [5.74, 6) is -1.05. The Kier molecular flexibility index (Phi) is 2.83. The number of carboxylic acid groups (broad SMARTS) is 1. The lowest BCUT2D eigenvalue weighted by atomic mass is 10.4. The third kappa shape index (κ3) is 2.35. The van der Waals surface area contributed by atoms with Crippen LogP contribution in [-0.4, -0.2) is 45.5 Å². The molecule has 0 aliphatic rings. The molecule has 94 valence electrons. The summed E-state index contributed by atoms with van der Waals surface area (Å²) in [4.78, 5) is 18.2. The summed E-state index contributed by atoms with van der Waals surface area (Å²) in [6.07, 6.45) is 5.72. The standard InChI is InChI=1S/C9H8N4O4S/c1-18(16,17)7-4-12-13(5-7)9-10-2-6(3-11-9)8(14)15/h2-5H,1H3,(H,14,15). The van der Waals surface area contributed by atoms with Gasteiger partial charge in [-0.3, -0.25) is 0 Å². The third-order valence-corrected chi connectivity index (χ3v) is 3.14. The smallest absolute Gasteiger partial charge is 0.338 e. The molecule has 0 saturated heterocycles. The zero-order chi connectivity index (χ0) is 13.3. The number of carbonyl (C=O) groups is 1. The van der Waals surface area contributed by atoms with Gasteiger partial charge in [-0.2, -0.15) is 5.10 Å². The molecule has 0 aliphatic carbocycles. The molecule has 9 heteroatoms. The topological polar surface area (TPSA) is 115 Å². The van der Waals surface area contributed by atoms with Gasteiger partial charge in [-0.15, -0.1) is 0 Å². The van der Waals surface area contributed by atoms with Gasteiger partial charge in [-0.25, -0.2) is 27.9 Å². The summed E-state index contributed by atoms with van der Waals surface area (Å²) >= 11 is 0. The predicted molar refractivity (Wildman–Crippen MR) is 59.2 cm³/mol. The number of carboxylic acids is 1. The van der Waals surface area contributed by atoms with Crippen LogP contribution in [0.5, 0.6) is 0 Å². The fourth-order valence-corrected chi connectivity index (χ4v) is 1.69. The van der Waals surface area contributed by atoms with Crippen LogP contribution in [0.3, 0.4) is 0 Å². The van der Waals surface area contributed by atoms with Crippen molar-refractivity contribution in [3.05, 3.63) is 30.4 Å². The Balaban J connectivity index is 2.38. The molecule has 2 rings (SSSR count). The number of hydrogen-bond donors (Lipinski definition) is 1. The molecule has 0 saturated carbocycles. The Bertz CT molecular complexity index is 690. The second-order valence-corrected chi connectivity index (χ2v) is 5.49. The van der Waals surface area contributed by atoms with Crippen molar-refractivity contribution in [2.75, 3.05) is 6.26 Å². The first-order valence-corrected chi connectivity index (χ1v) is 6.57. The lowest BCUT2D eigenvalue weighted by Crippen LogP contribution is -2.05. The van der Waals surface area contributed by atoms with E-state index in [1.54, 1.807) is 0 Å². The number of sulfone groups is 1. The first-order chi connectivity index (χ1) is 8.38. The van der Waals surface area contributed by atoms with E-state index in [2.05, 4.69) is 15.1 Å². The minimum Gasteiger partial charge on any atom is -0.478 e. The SMILES string of the molecule is CS(=O)(=O)c1cnn(-c2ncc(C(=O)O)cn2)c1. The van der Waals surface area contributed by atoms with Crippen molar-refractivity contribution >= 4 is 15.8 Å². The molecule has 0 unspecified atom stereocenters. The van der Waals surface area contributed by atoms with Crippen LogP contribution >= 0.6 is 0 Å². The van der Waals surface area contributed by atoms with Gasteiger partial charge in [0.1, 0.15) is 4.90 Å². The van der Waals surface area contributed by atoms with Gasteiger partial charge in [0.05, 0.1) is 18.0 Å². The average Bonchev–Trinajstić information content (AvgIpc) is 2.78. The van der Waals surface area contributed by atoms with Crippen LogP contribution in [0.25, 0.3) is 5.95 Å². The van der Waals surface area contributed by atoms with Gasteiger partial charge in [0.25, 0.3) is 5.95 Å². The Labute approximate surface area is 102 Å². The molecule has 0 amide bonds. The highest BCUT2D eigenvalue weighted by Crippen LogP contribution is 2.09. The molecule has 1 N–H and O–H groups in total. The van der Waals surface area contributed by atoms with Crippen LogP contribution in [0.15, 0.2) is 29.7 Å². The van der Waals surface area contributed by atoms with E-state index in [1.807, 2.05) is 0 Å². The van der Waals surface area contributed by atoms with Gasteiger partial charge >= 0.3 is 5.97 Å². The second kappa shape index (κ2) is 4.18. The van der Waals surface area contributed by atoms with Crippen molar-refractivity contribution in [1.82, 2.24) is 19.7 Å². The highest BCUT2D eigenvalue weighted by atomic mass is 32.2. The van der Waals surface area contributed by atoms with Crippen molar-refractivity contribution in [1.29, 1.82) is 0 Å². The first-order valence-electron chi connectivity index (χ1n) is 4.68. The maximum absolute atomic E-state index is 11.2. The molecule has 18 heavy (non-hydrogen) atoms. The van der Waals surface area contributed by atoms with Crippen molar-refractivity contribution in [3.8, 4) is 5.95 Å².